The van der Waals surface area contributed by atoms with Crippen LogP contribution in [0.4, 0.5) is 0 Å². The molecule has 0 spiro atoms. The molecule has 0 aliphatic carbocycles. The quantitative estimate of drug-likeness (QED) is 0.730. The van der Waals surface area contributed by atoms with Crippen LogP contribution in [0.2, 0.25) is 0 Å². The van der Waals surface area contributed by atoms with E-state index >= 15 is 0 Å². The zero-order valence-electron chi connectivity index (χ0n) is 17.2. The summed E-state index contributed by atoms with van der Waals surface area (Å²) in [7, 11) is -1.06. The van der Waals surface area contributed by atoms with E-state index in [1.165, 1.54) is 0 Å². The molecule has 6 heteroatoms. The molecule has 3 heterocycles. The molecular weight excluding hydrogens is 241 g/mol. The Morgan fingerprint density at radius 3 is 2.63 bits per heavy atom. The largest absolute Gasteiger partial charge is 0.516 e. The molecule has 1 aliphatic heterocycles. The summed E-state index contributed by atoms with van der Waals surface area (Å²) in [4.78, 5) is 3.78. The van der Waals surface area contributed by atoms with Gasteiger partial charge in [-0.25, -0.2) is 9.50 Å². The summed E-state index contributed by atoms with van der Waals surface area (Å²) in [6, 6.07) is -0.379. The lowest BCUT2D eigenvalue weighted by Crippen LogP contribution is -2.41. The van der Waals surface area contributed by atoms with Crippen LogP contribution >= 0.6 is 0 Å². The number of nitrogens with zero attached hydrogens (tertiary/aromatic N) is 3. The van der Waals surface area contributed by atoms with Crippen LogP contribution in [0.5, 0.6) is 0 Å². The Hall–Kier alpha value is -1.40. The van der Waals surface area contributed by atoms with Crippen molar-refractivity contribution < 1.29 is 17.5 Å². The van der Waals surface area contributed by atoms with Gasteiger partial charge in [-0.3, -0.25) is 0 Å². The van der Waals surface area contributed by atoms with Crippen LogP contribution in [-0.2, 0) is 9.31 Å². The highest BCUT2D eigenvalue weighted by Crippen LogP contribution is 2.36. The second-order valence-electron chi connectivity index (χ2n) is 5.54. The van der Waals surface area contributed by atoms with Crippen molar-refractivity contribution in [3.63, 3.8) is 0 Å². The van der Waals surface area contributed by atoms with Gasteiger partial charge >= 0.3 is 7.12 Å². The zero-order valence-corrected chi connectivity index (χ0v) is 11.2. The number of rotatable bonds is 1. The summed E-state index contributed by atoms with van der Waals surface area (Å²) in [6.45, 7) is 4.65. The van der Waals surface area contributed by atoms with Crippen molar-refractivity contribution in [2.45, 2.75) is 45.7 Å². The maximum Gasteiger partial charge on any atom is 0.516 e. The van der Waals surface area contributed by atoms with Gasteiger partial charge in [0.15, 0.2) is 5.65 Å². The lowest BCUT2D eigenvalue weighted by atomic mass is 9.84. The molecule has 2 aromatic rings. The van der Waals surface area contributed by atoms with Gasteiger partial charge in [0.05, 0.1) is 20.9 Å². The standard InChI is InChI=1S/C13H18BN3O2/c1-9-8-10(16-17-7-6-15-11(9)17)14-18-12(2,3)13(4,5)19-14/h6-8H,1-5H3/i1D3,6D,7D,8D. The monoisotopic (exact) mass is 265 g/mol. The smallest absolute Gasteiger partial charge is 0.398 e. The SMILES string of the molecule is [2H]c1nc2c(C([2H])([2H])[2H])c([2H])c(B3OC(C)(C)C(C)(C)O3)nn2c1[2H]. The van der Waals surface area contributed by atoms with E-state index in [1.807, 2.05) is 27.7 Å². The fourth-order valence-corrected chi connectivity index (χ4v) is 1.84. The van der Waals surface area contributed by atoms with Crippen molar-refractivity contribution in [3.8, 4) is 0 Å². The zero-order chi connectivity index (χ0) is 18.9. The minimum atomic E-state index is -2.66. The van der Waals surface area contributed by atoms with E-state index in [0.29, 0.717) is 0 Å². The summed E-state index contributed by atoms with van der Waals surface area (Å²) in [5.74, 6) is 0. The molecule has 0 unspecified atom stereocenters. The number of fused-ring (bicyclic) bond motifs is 1. The molecule has 0 N–H and O–H groups in total. The van der Waals surface area contributed by atoms with E-state index in [0.717, 1.165) is 4.52 Å². The molecule has 0 radical (unpaired) electrons. The molecular formula is C13H18BN3O2. The van der Waals surface area contributed by atoms with Crippen LogP contribution in [0.1, 0.15) is 41.5 Å². The molecule has 0 saturated carbocycles. The van der Waals surface area contributed by atoms with Crippen molar-refractivity contribution in [3.05, 3.63) is 24.0 Å². The highest BCUT2D eigenvalue weighted by atomic mass is 16.7. The normalized spacial score (nSPS) is 26.4. The van der Waals surface area contributed by atoms with Crippen LogP contribution in [0.3, 0.4) is 0 Å². The predicted molar refractivity (Wildman–Crippen MR) is 73.4 cm³/mol. The summed E-state index contributed by atoms with van der Waals surface area (Å²) < 4.78 is 59.7. The van der Waals surface area contributed by atoms with Gasteiger partial charge in [-0.2, -0.15) is 5.10 Å². The summed E-state index contributed by atoms with van der Waals surface area (Å²) >= 11 is 0. The first kappa shape index (κ1) is 7.40. The van der Waals surface area contributed by atoms with Crippen molar-refractivity contribution in [2.24, 2.45) is 0 Å². The van der Waals surface area contributed by atoms with Crippen LogP contribution in [0, 0.1) is 6.85 Å². The Labute approximate surface area is 121 Å². The third-order valence-electron chi connectivity index (χ3n) is 3.68. The molecule has 1 fully saturated rings. The molecule has 0 atom stereocenters. The second-order valence-corrected chi connectivity index (χ2v) is 5.54. The Morgan fingerprint density at radius 1 is 1.32 bits per heavy atom. The summed E-state index contributed by atoms with van der Waals surface area (Å²) in [6.07, 6.45) is -0.776. The van der Waals surface area contributed by atoms with Crippen LogP contribution in [-0.4, -0.2) is 32.9 Å². The highest BCUT2D eigenvalue weighted by molar-refractivity contribution is 6.61. The van der Waals surface area contributed by atoms with Gasteiger partial charge in [-0.05, 0) is 46.2 Å². The number of hydrogen-bond donors (Lipinski definition) is 0. The fraction of sp³-hybridized carbons (Fsp3) is 0.538. The molecule has 19 heavy (non-hydrogen) atoms. The fourth-order valence-electron chi connectivity index (χ4n) is 1.84. The molecule has 1 aliphatic rings. The van der Waals surface area contributed by atoms with Crippen molar-refractivity contribution >= 4 is 18.4 Å². The van der Waals surface area contributed by atoms with Gasteiger partial charge in [0.2, 0.25) is 0 Å². The van der Waals surface area contributed by atoms with E-state index in [4.69, 9.17) is 17.5 Å². The Morgan fingerprint density at radius 2 is 2.00 bits per heavy atom. The van der Waals surface area contributed by atoms with Crippen LogP contribution in [0.25, 0.3) is 5.65 Å². The molecule has 0 bridgehead atoms. The predicted octanol–water partition coefficient (Wildman–Crippen LogP) is 1.34. The number of hydrogen-bond acceptors (Lipinski definition) is 4. The van der Waals surface area contributed by atoms with Gasteiger partial charge < -0.3 is 9.31 Å². The third-order valence-corrected chi connectivity index (χ3v) is 3.68. The maximum atomic E-state index is 8.33. The van der Waals surface area contributed by atoms with Gasteiger partial charge in [0, 0.05) is 16.5 Å². The van der Waals surface area contributed by atoms with E-state index in [9.17, 15) is 0 Å². The van der Waals surface area contributed by atoms with Gasteiger partial charge in [0.1, 0.15) is 0 Å². The van der Waals surface area contributed by atoms with E-state index in [2.05, 4.69) is 10.1 Å². The Kier molecular flexibility index (Phi) is 1.48. The number of aromatic nitrogens is 3. The van der Waals surface area contributed by atoms with E-state index < -0.39 is 31.3 Å². The van der Waals surface area contributed by atoms with Crippen molar-refractivity contribution in [1.82, 2.24) is 14.6 Å². The molecule has 0 amide bonds. The summed E-state index contributed by atoms with van der Waals surface area (Å²) in [5.41, 5.74) is -2.01. The maximum absolute atomic E-state index is 8.33. The molecule has 100 valence electrons. The van der Waals surface area contributed by atoms with E-state index in [-0.39, 0.29) is 29.0 Å². The van der Waals surface area contributed by atoms with Crippen molar-refractivity contribution in [1.29, 1.82) is 0 Å². The number of imidazole rings is 1. The Bertz CT molecular complexity index is 848. The van der Waals surface area contributed by atoms with Crippen molar-refractivity contribution in [2.75, 3.05) is 0 Å². The van der Waals surface area contributed by atoms with Gasteiger partial charge in [0.25, 0.3) is 0 Å². The molecule has 5 nitrogen and oxygen atoms in total. The minimum absolute atomic E-state index is 0.0526. The average molecular weight is 265 g/mol. The molecule has 3 rings (SSSR count). The minimum Gasteiger partial charge on any atom is -0.398 e. The van der Waals surface area contributed by atoms with Gasteiger partial charge in [-0.15, -0.1) is 0 Å². The molecule has 1 saturated heterocycles. The average Bonchev–Trinajstić information content (AvgIpc) is 2.81. The summed E-state index contributed by atoms with van der Waals surface area (Å²) in [5, 5.41) is 4.14. The van der Waals surface area contributed by atoms with Crippen LogP contribution in [0.15, 0.2) is 18.4 Å². The first-order valence-electron chi connectivity index (χ1n) is 8.99. The molecule has 2 aromatic heterocycles. The van der Waals surface area contributed by atoms with Gasteiger partial charge in [-0.1, -0.05) is 0 Å². The Balaban J connectivity index is 2.27. The van der Waals surface area contributed by atoms with E-state index in [1.54, 1.807) is 0 Å². The molecule has 0 aromatic carbocycles. The third kappa shape index (κ3) is 1.86. The topological polar surface area (TPSA) is 48.7 Å². The first-order chi connectivity index (χ1) is 11.3. The second kappa shape index (κ2) is 3.80. The number of aryl methyl sites for hydroxylation is 1. The lowest BCUT2D eigenvalue weighted by Gasteiger charge is -2.32. The first-order valence-corrected chi connectivity index (χ1v) is 5.99. The lowest BCUT2D eigenvalue weighted by molar-refractivity contribution is 0.00578. The highest BCUT2D eigenvalue weighted by Gasteiger charge is 2.52. The van der Waals surface area contributed by atoms with Crippen LogP contribution < -0.4 is 5.59 Å².